The highest BCUT2D eigenvalue weighted by Crippen LogP contribution is 2.39. The van der Waals surface area contributed by atoms with Crippen LogP contribution in [0.25, 0.3) is 10.9 Å². The van der Waals surface area contributed by atoms with Crippen LogP contribution in [0.5, 0.6) is 11.5 Å². The van der Waals surface area contributed by atoms with Gasteiger partial charge in [-0.3, -0.25) is 10.1 Å². The second kappa shape index (κ2) is 5.78. The molecule has 0 radical (unpaired) electrons. The van der Waals surface area contributed by atoms with Crippen LogP contribution in [0.15, 0.2) is 42.5 Å². The number of rotatable bonds is 2. The van der Waals surface area contributed by atoms with Crippen LogP contribution in [0.2, 0.25) is 0 Å². The Hall–Kier alpha value is -2.99. The SMILES string of the molecule is COC(=O)[C@H]1Cc2c([nH]c3ccccc23)C(c2ccc3c(c2)OCO3)N1. The van der Waals surface area contributed by atoms with Gasteiger partial charge in [-0.15, -0.1) is 0 Å². The van der Waals surface area contributed by atoms with Gasteiger partial charge in [0, 0.05) is 23.0 Å². The van der Waals surface area contributed by atoms with Crippen LogP contribution in [-0.4, -0.2) is 30.9 Å². The molecule has 2 aliphatic rings. The Labute approximate surface area is 150 Å². The van der Waals surface area contributed by atoms with Crippen molar-refractivity contribution in [1.29, 1.82) is 0 Å². The van der Waals surface area contributed by atoms with Crippen LogP contribution >= 0.6 is 0 Å². The van der Waals surface area contributed by atoms with E-state index >= 15 is 0 Å². The van der Waals surface area contributed by atoms with Crippen molar-refractivity contribution in [2.75, 3.05) is 13.9 Å². The molecule has 26 heavy (non-hydrogen) atoms. The number of hydrogen-bond acceptors (Lipinski definition) is 5. The first-order valence-electron chi connectivity index (χ1n) is 8.57. The highest BCUT2D eigenvalue weighted by molar-refractivity contribution is 5.87. The van der Waals surface area contributed by atoms with E-state index in [2.05, 4.69) is 22.4 Å². The van der Waals surface area contributed by atoms with Gasteiger partial charge >= 0.3 is 5.97 Å². The lowest BCUT2D eigenvalue weighted by Crippen LogP contribution is -2.45. The fourth-order valence-corrected chi connectivity index (χ4v) is 3.88. The number of fused-ring (bicyclic) bond motifs is 4. The number of aromatic nitrogens is 1. The van der Waals surface area contributed by atoms with E-state index in [1.54, 1.807) is 0 Å². The number of ether oxygens (including phenoxy) is 3. The minimum atomic E-state index is -0.401. The molecule has 5 rings (SSSR count). The van der Waals surface area contributed by atoms with E-state index in [-0.39, 0.29) is 18.8 Å². The van der Waals surface area contributed by atoms with Gasteiger partial charge < -0.3 is 19.2 Å². The molecule has 0 fully saturated rings. The molecule has 3 aromatic rings. The number of aromatic amines is 1. The first-order valence-corrected chi connectivity index (χ1v) is 8.57. The summed E-state index contributed by atoms with van der Waals surface area (Å²) >= 11 is 0. The lowest BCUT2D eigenvalue weighted by molar-refractivity contribution is -0.143. The number of methoxy groups -OCH3 is 1. The van der Waals surface area contributed by atoms with E-state index in [1.165, 1.54) is 7.11 Å². The molecule has 1 unspecified atom stereocenters. The van der Waals surface area contributed by atoms with Crippen molar-refractivity contribution >= 4 is 16.9 Å². The van der Waals surface area contributed by atoms with Crippen LogP contribution in [0.4, 0.5) is 0 Å². The first-order chi connectivity index (χ1) is 12.7. The second-order valence-corrected chi connectivity index (χ2v) is 6.56. The van der Waals surface area contributed by atoms with Gasteiger partial charge in [-0.25, -0.2) is 0 Å². The molecule has 0 bridgehead atoms. The molecular formula is C20H18N2O4. The van der Waals surface area contributed by atoms with Crippen molar-refractivity contribution in [2.45, 2.75) is 18.5 Å². The molecule has 2 N–H and O–H groups in total. The third-order valence-electron chi connectivity index (χ3n) is 5.13. The van der Waals surface area contributed by atoms with Crippen molar-refractivity contribution in [3.05, 3.63) is 59.3 Å². The van der Waals surface area contributed by atoms with Crippen molar-refractivity contribution < 1.29 is 19.0 Å². The number of esters is 1. The van der Waals surface area contributed by atoms with E-state index in [1.807, 2.05) is 30.3 Å². The van der Waals surface area contributed by atoms with Gasteiger partial charge in [-0.2, -0.15) is 0 Å². The summed E-state index contributed by atoms with van der Waals surface area (Å²) in [6.45, 7) is 0.235. The van der Waals surface area contributed by atoms with Crippen LogP contribution < -0.4 is 14.8 Å². The van der Waals surface area contributed by atoms with Gasteiger partial charge in [0.1, 0.15) is 6.04 Å². The van der Waals surface area contributed by atoms with Gasteiger partial charge in [0.15, 0.2) is 11.5 Å². The van der Waals surface area contributed by atoms with E-state index in [9.17, 15) is 4.79 Å². The van der Waals surface area contributed by atoms with E-state index in [0.717, 1.165) is 39.2 Å². The molecule has 3 heterocycles. The zero-order valence-corrected chi connectivity index (χ0v) is 14.2. The van der Waals surface area contributed by atoms with Crippen LogP contribution in [0.3, 0.4) is 0 Å². The Morgan fingerprint density at radius 2 is 2.00 bits per heavy atom. The van der Waals surface area contributed by atoms with E-state index < -0.39 is 6.04 Å². The van der Waals surface area contributed by atoms with Gasteiger partial charge in [-0.1, -0.05) is 24.3 Å². The van der Waals surface area contributed by atoms with Gasteiger partial charge in [0.25, 0.3) is 0 Å². The quantitative estimate of drug-likeness (QED) is 0.695. The standard InChI is InChI=1S/C20H18N2O4/c1-24-20(23)15-9-13-12-4-2-3-5-14(12)21-19(13)18(22-15)11-6-7-16-17(8-11)26-10-25-16/h2-8,15,18,21-22H,9-10H2,1H3/t15-,18?/m1/s1. The summed E-state index contributed by atoms with van der Waals surface area (Å²) in [4.78, 5) is 15.8. The lowest BCUT2D eigenvalue weighted by Gasteiger charge is -2.30. The van der Waals surface area contributed by atoms with Crippen LogP contribution in [0, 0.1) is 0 Å². The van der Waals surface area contributed by atoms with E-state index in [0.29, 0.717) is 6.42 Å². The summed E-state index contributed by atoms with van der Waals surface area (Å²) in [6, 6.07) is 13.5. The summed E-state index contributed by atoms with van der Waals surface area (Å²) in [5.74, 6) is 1.21. The molecule has 2 aliphatic heterocycles. The fourth-order valence-electron chi connectivity index (χ4n) is 3.88. The molecule has 1 aromatic heterocycles. The Bertz CT molecular complexity index is 1010. The minimum absolute atomic E-state index is 0.162. The fraction of sp³-hybridized carbons (Fsp3) is 0.250. The molecule has 0 saturated carbocycles. The van der Waals surface area contributed by atoms with Crippen molar-refractivity contribution in [3.63, 3.8) is 0 Å². The van der Waals surface area contributed by atoms with Crippen LogP contribution in [0.1, 0.15) is 22.9 Å². The average molecular weight is 350 g/mol. The molecule has 0 amide bonds. The molecule has 0 aliphatic carbocycles. The Balaban J connectivity index is 1.65. The largest absolute Gasteiger partial charge is 0.468 e. The molecule has 6 heteroatoms. The maximum absolute atomic E-state index is 12.3. The maximum atomic E-state index is 12.3. The summed E-state index contributed by atoms with van der Waals surface area (Å²) in [6.07, 6.45) is 0.590. The molecule has 132 valence electrons. The minimum Gasteiger partial charge on any atom is -0.468 e. The number of para-hydroxylation sites is 1. The maximum Gasteiger partial charge on any atom is 0.323 e. The Morgan fingerprint density at radius 3 is 2.88 bits per heavy atom. The molecular weight excluding hydrogens is 332 g/mol. The number of hydrogen-bond donors (Lipinski definition) is 2. The summed E-state index contributed by atoms with van der Waals surface area (Å²) < 4.78 is 15.9. The van der Waals surface area contributed by atoms with Crippen molar-refractivity contribution in [3.8, 4) is 11.5 Å². The number of benzene rings is 2. The summed E-state index contributed by atoms with van der Waals surface area (Å²) in [5.41, 5.74) is 4.30. The number of carbonyl (C=O) groups excluding carboxylic acids is 1. The monoisotopic (exact) mass is 350 g/mol. The highest BCUT2D eigenvalue weighted by atomic mass is 16.7. The van der Waals surface area contributed by atoms with Gasteiger partial charge in [0.05, 0.1) is 13.2 Å². The molecule has 0 spiro atoms. The Kier molecular flexibility index (Phi) is 3.39. The normalized spacial score (nSPS) is 20.8. The molecule has 6 nitrogen and oxygen atoms in total. The summed E-state index contributed by atoms with van der Waals surface area (Å²) in [7, 11) is 1.42. The zero-order chi connectivity index (χ0) is 17.7. The van der Waals surface area contributed by atoms with Crippen LogP contribution in [-0.2, 0) is 16.0 Å². The van der Waals surface area contributed by atoms with E-state index in [4.69, 9.17) is 14.2 Å². The second-order valence-electron chi connectivity index (χ2n) is 6.56. The molecule has 0 saturated heterocycles. The summed E-state index contributed by atoms with van der Waals surface area (Å²) in [5, 5.41) is 4.57. The topological polar surface area (TPSA) is 72.6 Å². The Morgan fingerprint density at radius 1 is 1.15 bits per heavy atom. The van der Waals surface area contributed by atoms with Crippen molar-refractivity contribution in [1.82, 2.24) is 10.3 Å². The van der Waals surface area contributed by atoms with Gasteiger partial charge in [-0.05, 0) is 29.3 Å². The predicted molar refractivity (Wildman–Crippen MR) is 95.4 cm³/mol. The predicted octanol–water partition coefficient (Wildman–Crippen LogP) is 2.67. The third-order valence-corrected chi connectivity index (χ3v) is 5.13. The smallest absolute Gasteiger partial charge is 0.323 e. The van der Waals surface area contributed by atoms with Crippen molar-refractivity contribution in [2.24, 2.45) is 0 Å². The highest BCUT2D eigenvalue weighted by Gasteiger charge is 2.35. The third kappa shape index (κ3) is 2.26. The average Bonchev–Trinajstić information content (AvgIpc) is 3.30. The number of nitrogens with one attached hydrogen (secondary N) is 2. The molecule has 2 atom stereocenters. The first kappa shape index (κ1) is 15.3. The zero-order valence-electron chi connectivity index (χ0n) is 14.2. The lowest BCUT2D eigenvalue weighted by atomic mass is 9.90. The van der Waals surface area contributed by atoms with Gasteiger partial charge in [0.2, 0.25) is 6.79 Å². The number of H-pyrrole nitrogens is 1. The number of carbonyl (C=O) groups is 1. The molecule has 2 aromatic carbocycles.